The van der Waals surface area contributed by atoms with Crippen molar-refractivity contribution >= 4 is 16.6 Å². The van der Waals surface area contributed by atoms with Gasteiger partial charge in [-0.05, 0) is 24.6 Å². The highest BCUT2D eigenvalue weighted by Crippen LogP contribution is 2.32. The van der Waals surface area contributed by atoms with Crippen LogP contribution in [-0.4, -0.2) is 23.3 Å². The first-order valence-electron chi connectivity index (χ1n) is 7.42. The van der Waals surface area contributed by atoms with Crippen molar-refractivity contribution in [3.8, 4) is 11.5 Å². The van der Waals surface area contributed by atoms with Crippen molar-refractivity contribution in [2.45, 2.75) is 26.3 Å². The van der Waals surface area contributed by atoms with E-state index >= 15 is 0 Å². The van der Waals surface area contributed by atoms with Gasteiger partial charge in [-0.3, -0.25) is 4.79 Å². The zero-order valence-electron chi connectivity index (χ0n) is 13.1. The maximum atomic E-state index is 12.5. The Labute approximate surface area is 129 Å². The summed E-state index contributed by atoms with van der Waals surface area (Å²) >= 11 is 0. The third kappa shape index (κ3) is 2.93. The van der Waals surface area contributed by atoms with Crippen LogP contribution in [0, 0.1) is 0 Å². The zero-order chi connectivity index (χ0) is 16.1. The van der Waals surface area contributed by atoms with Crippen LogP contribution in [0.1, 0.15) is 19.8 Å². The van der Waals surface area contributed by atoms with E-state index < -0.39 is 0 Å². The van der Waals surface area contributed by atoms with Crippen LogP contribution in [0.3, 0.4) is 0 Å². The molecule has 0 amide bonds. The second kappa shape index (κ2) is 7.02. The number of rotatable bonds is 7. The largest absolute Gasteiger partial charge is 0.504 e. The van der Waals surface area contributed by atoms with E-state index in [0.29, 0.717) is 24.0 Å². The Morgan fingerprint density at radius 3 is 2.86 bits per heavy atom. The average Bonchev–Trinajstić information content (AvgIpc) is 2.53. The van der Waals surface area contributed by atoms with Crippen LogP contribution in [0.4, 0.5) is 5.69 Å². The molecular formula is C17H22N2O3. The quantitative estimate of drug-likeness (QED) is 0.771. The first kappa shape index (κ1) is 15.9. The van der Waals surface area contributed by atoms with Crippen LogP contribution < -0.4 is 15.6 Å². The van der Waals surface area contributed by atoms with Crippen molar-refractivity contribution in [1.82, 2.24) is 4.57 Å². The Balaban J connectivity index is 2.67. The van der Waals surface area contributed by atoms with Gasteiger partial charge in [0.05, 0.1) is 12.6 Å². The van der Waals surface area contributed by atoms with Crippen LogP contribution in [0.15, 0.2) is 35.6 Å². The summed E-state index contributed by atoms with van der Waals surface area (Å²) in [5.41, 5.74) is 1.27. The van der Waals surface area contributed by atoms with Crippen LogP contribution in [-0.2, 0) is 6.54 Å². The molecule has 118 valence electrons. The maximum absolute atomic E-state index is 12.5. The van der Waals surface area contributed by atoms with Gasteiger partial charge in [0, 0.05) is 24.2 Å². The smallest absolute Gasteiger partial charge is 0.297 e. The number of hydrogen-bond donors (Lipinski definition) is 2. The standard InChI is InChI=1S/C17H22N2O3/c1-4-6-10-19-14-11-12(18-9-5-2)7-8-13(14)15(20)16(22-3)17(19)21/h5,7-8,11,18,20H,2,4,6,9-10H2,1,3H3. The Kier molecular flexibility index (Phi) is 5.09. The predicted octanol–water partition coefficient (Wildman–Crippen LogP) is 3.11. The number of anilines is 1. The SMILES string of the molecule is C=CCNc1ccc2c(O)c(OC)c(=O)n(CCCC)c2c1. The molecule has 0 atom stereocenters. The lowest BCUT2D eigenvalue weighted by atomic mass is 10.1. The monoisotopic (exact) mass is 302 g/mol. The highest BCUT2D eigenvalue weighted by Gasteiger charge is 2.16. The van der Waals surface area contributed by atoms with Crippen molar-refractivity contribution < 1.29 is 9.84 Å². The molecule has 0 aliphatic heterocycles. The summed E-state index contributed by atoms with van der Waals surface area (Å²) in [4.78, 5) is 12.5. The van der Waals surface area contributed by atoms with Crippen molar-refractivity contribution in [3.63, 3.8) is 0 Å². The zero-order valence-corrected chi connectivity index (χ0v) is 13.1. The highest BCUT2D eigenvalue weighted by atomic mass is 16.5. The number of ether oxygens (including phenoxy) is 1. The number of aromatic nitrogens is 1. The van der Waals surface area contributed by atoms with E-state index in [1.165, 1.54) is 7.11 Å². The van der Waals surface area contributed by atoms with Gasteiger partial charge in [-0.25, -0.2) is 0 Å². The number of fused-ring (bicyclic) bond motifs is 1. The number of methoxy groups -OCH3 is 1. The number of aryl methyl sites for hydroxylation is 1. The molecule has 0 spiro atoms. The lowest BCUT2D eigenvalue weighted by Crippen LogP contribution is -2.22. The van der Waals surface area contributed by atoms with E-state index in [0.717, 1.165) is 18.5 Å². The summed E-state index contributed by atoms with van der Waals surface area (Å²) < 4.78 is 6.75. The van der Waals surface area contributed by atoms with Gasteiger partial charge < -0.3 is 19.7 Å². The van der Waals surface area contributed by atoms with Gasteiger partial charge in [-0.1, -0.05) is 19.4 Å². The summed E-state index contributed by atoms with van der Waals surface area (Å²) in [5.74, 6) is -0.110. The molecule has 2 N–H and O–H groups in total. The summed E-state index contributed by atoms with van der Waals surface area (Å²) in [7, 11) is 1.40. The van der Waals surface area contributed by atoms with Gasteiger partial charge in [0.15, 0.2) is 5.75 Å². The van der Waals surface area contributed by atoms with Crippen LogP contribution in [0.5, 0.6) is 11.5 Å². The Morgan fingerprint density at radius 1 is 1.45 bits per heavy atom. The first-order valence-corrected chi connectivity index (χ1v) is 7.42. The van der Waals surface area contributed by atoms with E-state index in [2.05, 4.69) is 18.8 Å². The van der Waals surface area contributed by atoms with Gasteiger partial charge >= 0.3 is 0 Å². The molecule has 0 saturated heterocycles. The molecule has 22 heavy (non-hydrogen) atoms. The lowest BCUT2D eigenvalue weighted by Gasteiger charge is -2.15. The molecule has 1 heterocycles. The van der Waals surface area contributed by atoms with E-state index in [-0.39, 0.29) is 17.1 Å². The number of hydrogen-bond acceptors (Lipinski definition) is 4. The number of unbranched alkanes of at least 4 members (excludes halogenated alkanes) is 1. The molecule has 1 aromatic heterocycles. The molecule has 0 aliphatic rings. The van der Waals surface area contributed by atoms with Crippen molar-refractivity contribution in [2.24, 2.45) is 0 Å². The Hall–Kier alpha value is -2.43. The second-order valence-corrected chi connectivity index (χ2v) is 5.09. The fraction of sp³-hybridized carbons (Fsp3) is 0.353. The third-order valence-corrected chi connectivity index (χ3v) is 3.59. The number of nitrogens with one attached hydrogen (secondary N) is 1. The minimum atomic E-state index is -0.304. The lowest BCUT2D eigenvalue weighted by molar-refractivity contribution is 0.366. The summed E-state index contributed by atoms with van der Waals surface area (Å²) in [5, 5.41) is 14.1. The van der Waals surface area contributed by atoms with E-state index in [4.69, 9.17) is 4.74 Å². The van der Waals surface area contributed by atoms with E-state index in [9.17, 15) is 9.90 Å². The number of aromatic hydroxyl groups is 1. The highest BCUT2D eigenvalue weighted by molar-refractivity contribution is 5.90. The summed E-state index contributed by atoms with van der Waals surface area (Å²) in [6.45, 7) is 6.97. The molecule has 0 saturated carbocycles. The first-order chi connectivity index (χ1) is 10.6. The third-order valence-electron chi connectivity index (χ3n) is 3.59. The molecule has 0 bridgehead atoms. The fourth-order valence-electron chi connectivity index (χ4n) is 2.43. The Bertz CT molecular complexity index is 735. The summed E-state index contributed by atoms with van der Waals surface area (Å²) in [6, 6.07) is 5.52. The van der Waals surface area contributed by atoms with Crippen molar-refractivity contribution in [3.05, 3.63) is 41.2 Å². The number of nitrogens with zero attached hydrogens (tertiary/aromatic N) is 1. The normalized spacial score (nSPS) is 10.6. The summed E-state index contributed by atoms with van der Waals surface area (Å²) in [6.07, 6.45) is 3.62. The number of benzene rings is 1. The molecule has 1 aromatic carbocycles. The molecule has 0 radical (unpaired) electrons. The van der Waals surface area contributed by atoms with Gasteiger partial charge in [0.1, 0.15) is 0 Å². The molecule has 2 aromatic rings. The minimum absolute atomic E-state index is 0.00426. The van der Waals surface area contributed by atoms with Crippen LogP contribution in [0.2, 0.25) is 0 Å². The van der Waals surface area contributed by atoms with Gasteiger partial charge in [-0.2, -0.15) is 0 Å². The maximum Gasteiger partial charge on any atom is 0.297 e. The van der Waals surface area contributed by atoms with Crippen LogP contribution >= 0.6 is 0 Å². The van der Waals surface area contributed by atoms with E-state index in [1.54, 1.807) is 16.7 Å². The van der Waals surface area contributed by atoms with Crippen molar-refractivity contribution in [1.29, 1.82) is 0 Å². The van der Waals surface area contributed by atoms with Crippen LogP contribution in [0.25, 0.3) is 10.9 Å². The molecule has 0 unspecified atom stereocenters. The van der Waals surface area contributed by atoms with Gasteiger partial charge in [0.25, 0.3) is 5.56 Å². The molecule has 0 fully saturated rings. The number of pyridine rings is 1. The van der Waals surface area contributed by atoms with E-state index in [1.807, 2.05) is 12.1 Å². The fourth-order valence-corrected chi connectivity index (χ4v) is 2.43. The molecule has 5 nitrogen and oxygen atoms in total. The Morgan fingerprint density at radius 2 is 2.23 bits per heavy atom. The second-order valence-electron chi connectivity index (χ2n) is 5.09. The molecule has 5 heteroatoms. The topological polar surface area (TPSA) is 63.5 Å². The molecule has 0 aliphatic carbocycles. The molecular weight excluding hydrogens is 280 g/mol. The predicted molar refractivity (Wildman–Crippen MR) is 90.0 cm³/mol. The van der Waals surface area contributed by atoms with Gasteiger partial charge in [-0.15, -0.1) is 6.58 Å². The van der Waals surface area contributed by atoms with Gasteiger partial charge in [0.2, 0.25) is 5.75 Å². The van der Waals surface area contributed by atoms with Crippen molar-refractivity contribution in [2.75, 3.05) is 19.0 Å². The average molecular weight is 302 g/mol. The molecule has 2 rings (SSSR count). The minimum Gasteiger partial charge on any atom is -0.504 e.